The van der Waals surface area contributed by atoms with Crippen LogP contribution in [0.4, 0.5) is 0 Å². The average molecular weight is 269 g/mol. The summed E-state index contributed by atoms with van der Waals surface area (Å²) in [4.78, 5) is 2.51. The van der Waals surface area contributed by atoms with E-state index in [2.05, 4.69) is 61.4 Å². The van der Waals surface area contributed by atoms with Crippen LogP contribution < -0.4 is 0 Å². The third-order valence-electron chi connectivity index (χ3n) is 3.07. The van der Waals surface area contributed by atoms with E-state index in [4.69, 9.17) is 0 Å². The molecule has 2 aromatic heterocycles. The number of aryl methyl sites for hydroxylation is 3. The SMILES string of the molecule is Cc1ccc(-n2cc(-c3sc(C)cc3C)nn2)cc1. The third-order valence-corrected chi connectivity index (χ3v) is 4.24. The Bertz CT molecular complexity index is 707. The second-order valence-electron chi connectivity index (χ2n) is 4.75. The molecule has 0 atom stereocenters. The highest BCUT2D eigenvalue weighted by atomic mass is 32.1. The lowest BCUT2D eigenvalue weighted by molar-refractivity contribution is 0.803. The minimum atomic E-state index is 0.941. The Balaban J connectivity index is 1.99. The molecule has 0 amide bonds. The van der Waals surface area contributed by atoms with Gasteiger partial charge in [-0.2, -0.15) is 0 Å². The normalized spacial score (nSPS) is 10.9. The van der Waals surface area contributed by atoms with Crippen LogP contribution in [0.5, 0.6) is 0 Å². The van der Waals surface area contributed by atoms with Gasteiger partial charge >= 0.3 is 0 Å². The Morgan fingerprint density at radius 2 is 1.79 bits per heavy atom. The van der Waals surface area contributed by atoms with Gasteiger partial charge in [0.15, 0.2) is 0 Å². The zero-order chi connectivity index (χ0) is 13.4. The van der Waals surface area contributed by atoms with E-state index >= 15 is 0 Å². The molecule has 0 aliphatic carbocycles. The monoisotopic (exact) mass is 269 g/mol. The van der Waals surface area contributed by atoms with Crippen LogP contribution >= 0.6 is 11.3 Å². The van der Waals surface area contributed by atoms with Crippen molar-refractivity contribution in [2.45, 2.75) is 20.8 Å². The fraction of sp³-hybridized carbons (Fsp3) is 0.200. The van der Waals surface area contributed by atoms with Crippen molar-refractivity contribution >= 4 is 11.3 Å². The third kappa shape index (κ3) is 2.31. The summed E-state index contributed by atoms with van der Waals surface area (Å²) >= 11 is 1.76. The molecule has 0 saturated carbocycles. The van der Waals surface area contributed by atoms with Crippen LogP contribution in [0.15, 0.2) is 36.5 Å². The van der Waals surface area contributed by atoms with Gasteiger partial charge in [-0.25, -0.2) is 4.68 Å². The van der Waals surface area contributed by atoms with E-state index in [9.17, 15) is 0 Å². The molecule has 0 aliphatic rings. The molecule has 3 aromatic rings. The lowest BCUT2D eigenvalue weighted by atomic mass is 10.2. The van der Waals surface area contributed by atoms with Crippen LogP contribution in [0, 0.1) is 20.8 Å². The predicted molar refractivity (Wildman–Crippen MR) is 78.9 cm³/mol. The molecule has 0 aliphatic heterocycles. The lowest BCUT2D eigenvalue weighted by Crippen LogP contribution is -1.94. The van der Waals surface area contributed by atoms with Crippen molar-refractivity contribution in [1.82, 2.24) is 15.0 Å². The van der Waals surface area contributed by atoms with Gasteiger partial charge in [0.2, 0.25) is 0 Å². The van der Waals surface area contributed by atoms with Crippen LogP contribution in [-0.4, -0.2) is 15.0 Å². The van der Waals surface area contributed by atoms with Crippen LogP contribution in [0.25, 0.3) is 16.3 Å². The fourth-order valence-electron chi connectivity index (χ4n) is 2.09. The zero-order valence-corrected chi connectivity index (χ0v) is 12.0. The predicted octanol–water partition coefficient (Wildman–Crippen LogP) is 3.92. The van der Waals surface area contributed by atoms with Crippen molar-refractivity contribution in [3.05, 3.63) is 52.5 Å². The first kappa shape index (κ1) is 12.1. The molecule has 0 N–H and O–H groups in total. The Labute approximate surface area is 116 Å². The zero-order valence-electron chi connectivity index (χ0n) is 11.2. The number of thiophene rings is 1. The Hall–Kier alpha value is -1.94. The van der Waals surface area contributed by atoms with Gasteiger partial charge in [-0.1, -0.05) is 22.9 Å². The van der Waals surface area contributed by atoms with Crippen LogP contribution in [0.3, 0.4) is 0 Å². The first-order chi connectivity index (χ1) is 9.13. The largest absolute Gasteiger partial charge is 0.220 e. The number of hydrogen-bond acceptors (Lipinski definition) is 3. The minimum Gasteiger partial charge on any atom is -0.220 e. The van der Waals surface area contributed by atoms with Crippen LogP contribution in [0.2, 0.25) is 0 Å². The van der Waals surface area contributed by atoms with Crippen molar-refractivity contribution in [3.8, 4) is 16.3 Å². The van der Waals surface area contributed by atoms with E-state index in [1.54, 1.807) is 11.3 Å². The fourth-order valence-corrected chi connectivity index (χ4v) is 3.06. The van der Waals surface area contributed by atoms with Gasteiger partial charge in [0.25, 0.3) is 0 Å². The number of nitrogens with zero attached hydrogens (tertiary/aromatic N) is 3. The van der Waals surface area contributed by atoms with Gasteiger partial charge < -0.3 is 0 Å². The molecule has 19 heavy (non-hydrogen) atoms. The maximum Gasteiger partial charge on any atom is 0.123 e. The van der Waals surface area contributed by atoms with Crippen molar-refractivity contribution in [2.24, 2.45) is 0 Å². The van der Waals surface area contributed by atoms with Gasteiger partial charge in [0.05, 0.1) is 16.8 Å². The standard InChI is InChI=1S/C15H15N3S/c1-10-4-6-13(7-5-10)18-9-14(16-17-18)15-11(2)8-12(3)19-15/h4-9H,1-3H3. The summed E-state index contributed by atoms with van der Waals surface area (Å²) in [7, 11) is 0. The molecule has 4 heteroatoms. The van der Waals surface area contributed by atoms with E-state index < -0.39 is 0 Å². The number of aromatic nitrogens is 3. The average Bonchev–Trinajstić information content (AvgIpc) is 2.97. The van der Waals surface area contributed by atoms with Crippen LogP contribution in [-0.2, 0) is 0 Å². The van der Waals surface area contributed by atoms with E-state index in [1.807, 2.05) is 10.9 Å². The summed E-state index contributed by atoms with van der Waals surface area (Å²) in [6, 6.07) is 10.5. The van der Waals surface area contributed by atoms with Gasteiger partial charge in [-0.15, -0.1) is 16.4 Å². The summed E-state index contributed by atoms with van der Waals surface area (Å²) in [6.45, 7) is 6.31. The highest BCUT2D eigenvalue weighted by Gasteiger charge is 2.10. The topological polar surface area (TPSA) is 30.7 Å². The Kier molecular flexibility index (Phi) is 2.95. The highest BCUT2D eigenvalue weighted by Crippen LogP contribution is 2.30. The molecule has 3 nitrogen and oxygen atoms in total. The maximum atomic E-state index is 4.28. The van der Waals surface area contributed by atoms with Gasteiger partial charge in [-0.3, -0.25) is 0 Å². The van der Waals surface area contributed by atoms with E-state index in [1.165, 1.54) is 20.9 Å². The summed E-state index contributed by atoms with van der Waals surface area (Å²) in [5.74, 6) is 0. The molecule has 0 spiro atoms. The van der Waals surface area contributed by atoms with Crippen LogP contribution in [0.1, 0.15) is 16.0 Å². The van der Waals surface area contributed by atoms with Crippen molar-refractivity contribution in [1.29, 1.82) is 0 Å². The molecule has 96 valence electrons. The lowest BCUT2D eigenvalue weighted by Gasteiger charge is -1.99. The minimum absolute atomic E-state index is 0.941. The van der Waals surface area contributed by atoms with Crippen molar-refractivity contribution in [2.75, 3.05) is 0 Å². The summed E-state index contributed by atoms with van der Waals surface area (Å²) < 4.78 is 1.82. The molecule has 0 saturated heterocycles. The van der Waals surface area contributed by atoms with Gasteiger partial charge in [0, 0.05) is 4.88 Å². The maximum absolute atomic E-state index is 4.28. The van der Waals surface area contributed by atoms with Gasteiger partial charge in [-0.05, 0) is 44.5 Å². The van der Waals surface area contributed by atoms with E-state index in [0.717, 1.165) is 11.4 Å². The van der Waals surface area contributed by atoms with Crippen molar-refractivity contribution in [3.63, 3.8) is 0 Å². The van der Waals surface area contributed by atoms with E-state index in [0.29, 0.717) is 0 Å². The Morgan fingerprint density at radius 1 is 1.05 bits per heavy atom. The van der Waals surface area contributed by atoms with E-state index in [-0.39, 0.29) is 0 Å². The molecule has 2 heterocycles. The highest BCUT2D eigenvalue weighted by molar-refractivity contribution is 7.15. The smallest absolute Gasteiger partial charge is 0.123 e. The second kappa shape index (κ2) is 4.63. The molecule has 1 aromatic carbocycles. The molecule has 0 unspecified atom stereocenters. The summed E-state index contributed by atoms with van der Waals surface area (Å²) in [6.07, 6.45) is 1.99. The Morgan fingerprint density at radius 3 is 2.42 bits per heavy atom. The second-order valence-corrected chi connectivity index (χ2v) is 6.01. The number of benzene rings is 1. The molecule has 3 rings (SSSR count). The van der Waals surface area contributed by atoms with Crippen molar-refractivity contribution < 1.29 is 0 Å². The molecule has 0 bridgehead atoms. The summed E-state index contributed by atoms with van der Waals surface area (Å²) in [5.41, 5.74) is 4.48. The number of rotatable bonds is 2. The molecule has 0 fully saturated rings. The first-order valence-electron chi connectivity index (χ1n) is 6.20. The molecular weight excluding hydrogens is 254 g/mol. The summed E-state index contributed by atoms with van der Waals surface area (Å²) in [5, 5.41) is 8.50. The first-order valence-corrected chi connectivity index (χ1v) is 7.02. The molecule has 0 radical (unpaired) electrons. The number of hydrogen-bond donors (Lipinski definition) is 0. The molecular formula is C15H15N3S. The van der Waals surface area contributed by atoms with Gasteiger partial charge in [0.1, 0.15) is 5.69 Å². The quantitative estimate of drug-likeness (QED) is 0.706.